The maximum absolute atomic E-state index is 12.7. The second kappa shape index (κ2) is 8.22. The summed E-state index contributed by atoms with van der Waals surface area (Å²) in [5, 5.41) is 2.81. The summed E-state index contributed by atoms with van der Waals surface area (Å²) in [4.78, 5) is 51.9. The molecule has 1 N–H and O–H groups in total. The van der Waals surface area contributed by atoms with Gasteiger partial charge in [-0.3, -0.25) is 14.4 Å². The molecule has 0 radical (unpaired) electrons. The normalized spacial score (nSPS) is 17.5. The number of benzene rings is 2. The molecule has 3 amide bonds. The molecule has 0 bridgehead atoms. The molecular formula is C23H23N3O5. The Bertz CT molecular complexity index is 1060. The Morgan fingerprint density at radius 2 is 1.84 bits per heavy atom. The van der Waals surface area contributed by atoms with Crippen LogP contribution in [0.2, 0.25) is 0 Å². The predicted octanol–water partition coefficient (Wildman–Crippen LogP) is 2.37. The first-order valence-electron chi connectivity index (χ1n) is 10.1. The van der Waals surface area contributed by atoms with Crippen molar-refractivity contribution in [3.05, 3.63) is 53.6 Å². The number of amides is 3. The number of esters is 1. The first-order chi connectivity index (χ1) is 14.9. The molecule has 160 valence electrons. The number of fused-ring (bicyclic) bond motifs is 1. The van der Waals surface area contributed by atoms with Crippen molar-refractivity contribution in [2.75, 3.05) is 35.3 Å². The molecule has 1 atom stereocenters. The van der Waals surface area contributed by atoms with Gasteiger partial charge in [-0.1, -0.05) is 0 Å². The molecule has 2 aromatic carbocycles. The van der Waals surface area contributed by atoms with E-state index in [1.165, 1.54) is 7.11 Å². The monoisotopic (exact) mass is 421 g/mol. The molecule has 2 aliphatic heterocycles. The van der Waals surface area contributed by atoms with Crippen molar-refractivity contribution in [1.29, 1.82) is 0 Å². The van der Waals surface area contributed by atoms with Crippen molar-refractivity contribution in [1.82, 2.24) is 0 Å². The number of ether oxygens (including phenoxy) is 1. The van der Waals surface area contributed by atoms with Crippen LogP contribution in [0.3, 0.4) is 0 Å². The molecule has 1 saturated heterocycles. The summed E-state index contributed by atoms with van der Waals surface area (Å²) in [6.45, 7) is 2.47. The lowest BCUT2D eigenvalue weighted by Gasteiger charge is -2.19. The second-order valence-corrected chi connectivity index (χ2v) is 7.70. The minimum absolute atomic E-state index is 0.0000952. The van der Waals surface area contributed by atoms with Crippen molar-refractivity contribution in [3.8, 4) is 0 Å². The highest BCUT2D eigenvalue weighted by atomic mass is 16.5. The minimum Gasteiger partial charge on any atom is -0.465 e. The van der Waals surface area contributed by atoms with Crippen molar-refractivity contribution in [3.63, 3.8) is 0 Å². The highest BCUT2D eigenvalue weighted by Gasteiger charge is 2.36. The van der Waals surface area contributed by atoms with E-state index in [4.69, 9.17) is 0 Å². The van der Waals surface area contributed by atoms with Crippen LogP contribution in [-0.4, -0.2) is 43.9 Å². The third kappa shape index (κ3) is 4.01. The highest BCUT2D eigenvalue weighted by Crippen LogP contribution is 2.34. The number of hydrogen-bond donors (Lipinski definition) is 1. The molecule has 2 heterocycles. The summed E-state index contributed by atoms with van der Waals surface area (Å²) >= 11 is 0. The number of hydrogen-bond acceptors (Lipinski definition) is 5. The highest BCUT2D eigenvalue weighted by molar-refractivity contribution is 6.04. The quantitative estimate of drug-likeness (QED) is 0.765. The molecule has 8 nitrogen and oxygen atoms in total. The smallest absolute Gasteiger partial charge is 0.337 e. The molecule has 4 rings (SSSR count). The number of carbonyl (C=O) groups excluding carboxylic acids is 4. The molecule has 2 aliphatic rings. The van der Waals surface area contributed by atoms with Gasteiger partial charge in [-0.15, -0.1) is 0 Å². The fourth-order valence-electron chi connectivity index (χ4n) is 4.07. The fourth-order valence-corrected chi connectivity index (χ4v) is 4.07. The van der Waals surface area contributed by atoms with Crippen LogP contribution in [-0.2, 0) is 25.5 Å². The SMILES string of the molecule is COC(=O)c1ccc(NC(=O)[C@H]2CC(=O)N(c3ccc4c(c3)CCN4C(C)=O)C2)cc1. The second-order valence-electron chi connectivity index (χ2n) is 7.70. The van der Waals surface area contributed by atoms with Crippen molar-refractivity contribution in [2.45, 2.75) is 19.8 Å². The van der Waals surface area contributed by atoms with Crippen LogP contribution in [0.25, 0.3) is 0 Å². The molecule has 8 heteroatoms. The Morgan fingerprint density at radius 3 is 2.52 bits per heavy atom. The summed E-state index contributed by atoms with van der Waals surface area (Å²) in [6, 6.07) is 12.0. The van der Waals surface area contributed by atoms with Gasteiger partial charge in [0.2, 0.25) is 17.7 Å². The van der Waals surface area contributed by atoms with E-state index < -0.39 is 11.9 Å². The van der Waals surface area contributed by atoms with E-state index in [0.717, 1.165) is 23.4 Å². The van der Waals surface area contributed by atoms with Crippen LogP contribution >= 0.6 is 0 Å². The molecule has 2 aromatic rings. The van der Waals surface area contributed by atoms with Crippen molar-refractivity contribution in [2.24, 2.45) is 5.92 Å². The third-order valence-corrected chi connectivity index (χ3v) is 5.72. The zero-order valence-electron chi connectivity index (χ0n) is 17.4. The van der Waals surface area contributed by atoms with E-state index in [2.05, 4.69) is 10.1 Å². The van der Waals surface area contributed by atoms with Gasteiger partial charge in [0, 0.05) is 43.5 Å². The van der Waals surface area contributed by atoms with Gasteiger partial charge in [0.15, 0.2) is 0 Å². The summed E-state index contributed by atoms with van der Waals surface area (Å²) in [7, 11) is 1.31. The first kappa shape index (κ1) is 20.6. The van der Waals surface area contributed by atoms with Gasteiger partial charge < -0.3 is 19.9 Å². The summed E-state index contributed by atoms with van der Waals surface area (Å²) in [5.74, 6) is -1.28. The Labute approximate surface area is 179 Å². The van der Waals surface area contributed by atoms with Gasteiger partial charge in [-0.05, 0) is 54.4 Å². The van der Waals surface area contributed by atoms with E-state index >= 15 is 0 Å². The lowest BCUT2D eigenvalue weighted by molar-refractivity contribution is -0.122. The standard InChI is InChI=1S/C23H23N3O5/c1-14(27)25-10-9-16-11-19(7-8-20(16)25)26-13-17(12-21(26)28)22(29)24-18-5-3-15(4-6-18)23(30)31-2/h3-8,11,17H,9-10,12-13H2,1-2H3,(H,24,29)/t17-/m0/s1. The Morgan fingerprint density at radius 1 is 1.10 bits per heavy atom. The zero-order valence-corrected chi connectivity index (χ0v) is 17.4. The van der Waals surface area contributed by atoms with E-state index in [1.54, 1.807) is 41.0 Å². The van der Waals surface area contributed by atoms with E-state index in [0.29, 0.717) is 24.3 Å². The number of rotatable bonds is 4. The molecule has 0 spiro atoms. The number of nitrogens with zero attached hydrogens (tertiary/aromatic N) is 2. The first-order valence-corrected chi connectivity index (χ1v) is 10.1. The Balaban J connectivity index is 1.43. The lowest BCUT2D eigenvalue weighted by Crippen LogP contribution is -2.28. The molecule has 0 saturated carbocycles. The van der Waals surface area contributed by atoms with Gasteiger partial charge in [0.1, 0.15) is 0 Å². The largest absolute Gasteiger partial charge is 0.465 e. The van der Waals surface area contributed by atoms with Gasteiger partial charge in [-0.2, -0.15) is 0 Å². The number of nitrogens with one attached hydrogen (secondary N) is 1. The predicted molar refractivity (Wildman–Crippen MR) is 115 cm³/mol. The average molecular weight is 421 g/mol. The molecule has 0 aromatic heterocycles. The van der Waals surface area contributed by atoms with Crippen LogP contribution < -0.4 is 15.1 Å². The van der Waals surface area contributed by atoms with Gasteiger partial charge in [0.05, 0.1) is 18.6 Å². The third-order valence-electron chi connectivity index (χ3n) is 5.72. The number of anilines is 3. The van der Waals surface area contributed by atoms with Crippen LogP contribution in [0.15, 0.2) is 42.5 Å². The van der Waals surface area contributed by atoms with Crippen LogP contribution in [0.4, 0.5) is 17.1 Å². The maximum atomic E-state index is 12.7. The van der Waals surface area contributed by atoms with Gasteiger partial charge >= 0.3 is 5.97 Å². The van der Waals surface area contributed by atoms with Gasteiger partial charge in [0.25, 0.3) is 0 Å². The van der Waals surface area contributed by atoms with E-state index in [1.807, 2.05) is 18.2 Å². The average Bonchev–Trinajstić information content (AvgIpc) is 3.36. The lowest BCUT2D eigenvalue weighted by atomic mass is 10.1. The molecule has 31 heavy (non-hydrogen) atoms. The van der Waals surface area contributed by atoms with Gasteiger partial charge in [-0.25, -0.2) is 4.79 Å². The fraction of sp³-hybridized carbons (Fsp3) is 0.304. The van der Waals surface area contributed by atoms with Crippen LogP contribution in [0, 0.1) is 5.92 Å². The molecule has 0 aliphatic carbocycles. The topological polar surface area (TPSA) is 96.0 Å². The maximum Gasteiger partial charge on any atom is 0.337 e. The summed E-state index contributed by atoms with van der Waals surface area (Å²) in [5.41, 5.74) is 3.59. The van der Waals surface area contributed by atoms with Crippen molar-refractivity contribution >= 4 is 40.8 Å². The summed E-state index contributed by atoms with van der Waals surface area (Å²) < 4.78 is 4.66. The van der Waals surface area contributed by atoms with E-state index in [9.17, 15) is 19.2 Å². The minimum atomic E-state index is -0.477. The number of methoxy groups -OCH3 is 1. The van der Waals surface area contributed by atoms with Crippen LogP contribution in [0.5, 0.6) is 0 Å². The van der Waals surface area contributed by atoms with E-state index in [-0.39, 0.29) is 24.1 Å². The Hall–Kier alpha value is -3.68. The zero-order chi connectivity index (χ0) is 22.1. The molecular weight excluding hydrogens is 398 g/mol. The molecule has 1 fully saturated rings. The van der Waals surface area contributed by atoms with Crippen LogP contribution in [0.1, 0.15) is 29.3 Å². The van der Waals surface area contributed by atoms with Crippen molar-refractivity contribution < 1.29 is 23.9 Å². The number of carbonyl (C=O) groups is 4. The summed E-state index contributed by atoms with van der Waals surface area (Å²) in [6.07, 6.45) is 0.874. The Kier molecular flexibility index (Phi) is 5.46. The molecule has 0 unspecified atom stereocenters.